The van der Waals surface area contributed by atoms with Gasteiger partial charge in [-0.05, 0) is 38.8 Å². The van der Waals surface area contributed by atoms with Gasteiger partial charge >= 0.3 is 12.0 Å². The zero-order valence-corrected chi connectivity index (χ0v) is 12.7. The van der Waals surface area contributed by atoms with Gasteiger partial charge in [0.25, 0.3) is 0 Å². The second-order valence-corrected chi connectivity index (χ2v) is 5.42. The molecule has 1 rings (SSSR count). The van der Waals surface area contributed by atoms with Crippen molar-refractivity contribution in [2.24, 2.45) is 5.92 Å². The molecule has 0 aromatic carbocycles. The van der Waals surface area contributed by atoms with Crippen LogP contribution in [0.1, 0.15) is 40.0 Å². The van der Waals surface area contributed by atoms with Gasteiger partial charge in [0.15, 0.2) is 0 Å². The lowest BCUT2D eigenvalue weighted by molar-refractivity contribution is -0.140. The van der Waals surface area contributed by atoms with Crippen LogP contribution in [0.15, 0.2) is 0 Å². The number of carboxylic acid groups (broad SMARTS) is 1. The number of rotatable bonds is 6. The Kier molecular flexibility index (Phi) is 6.78. The van der Waals surface area contributed by atoms with E-state index < -0.39 is 12.0 Å². The molecule has 0 bridgehead atoms. The van der Waals surface area contributed by atoms with Crippen LogP contribution in [0, 0.1) is 5.92 Å². The van der Waals surface area contributed by atoms with Crippen molar-refractivity contribution in [1.29, 1.82) is 0 Å². The van der Waals surface area contributed by atoms with Crippen molar-refractivity contribution in [3.63, 3.8) is 0 Å². The van der Waals surface area contributed by atoms with E-state index in [-0.39, 0.29) is 18.0 Å². The number of hydrogen-bond donors (Lipinski definition) is 3. The zero-order valence-electron chi connectivity index (χ0n) is 12.7. The van der Waals surface area contributed by atoms with Crippen LogP contribution in [-0.4, -0.2) is 53.7 Å². The number of amides is 2. The van der Waals surface area contributed by atoms with Crippen LogP contribution in [0.2, 0.25) is 0 Å². The highest BCUT2D eigenvalue weighted by molar-refractivity contribution is 5.83. The van der Waals surface area contributed by atoms with Gasteiger partial charge in [-0.1, -0.05) is 20.3 Å². The molecule has 0 spiro atoms. The van der Waals surface area contributed by atoms with E-state index in [1.54, 1.807) is 4.90 Å². The third-order valence-electron chi connectivity index (χ3n) is 4.11. The zero-order chi connectivity index (χ0) is 15.1. The van der Waals surface area contributed by atoms with Gasteiger partial charge in [0, 0.05) is 12.6 Å². The molecule has 2 atom stereocenters. The highest BCUT2D eigenvalue weighted by Gasteiger charge is 2.30. The molecule has 6 heteroatoms. The Balaban J connectivity index is 2.67. The number of aliphatic carboxylic acids is 1. The largest absolute Gasteiger partial charge is 0.480 e. The average Bonchev–Trinajstić information content (AvgIpc) is 2.45. The van der Waals surface area contributed by atoms with Crippen molar-refractivity contribution in [3.8, 4) is 0 Å². The molecule has 6 nitrogen and oxygen atoms in total. The Morgan fingerprint density at radius 2 is 1.95 bits per heavy atom. The molecule has 1 saturated heterocycles. The summed E-state index contributed by atoms with van der Waals surface area (Å²) in [4.78, 5) is 25.4. The van der Waals surface area contributed by atoms with Crippen LogP contribution < -0.4 is 10.6 Å². The molecule has 1 fully saturated rings. The summed E-state index contributed by atoms with van der Waals surface area (Å²) in [5.41, 5.74) is 0. The lowest BCUT2D eigenvalue weighted by Crippen LogP contribution is -2.54. The van der Waals surface area contributed by atoms with Crippen molar-refractivity contribution in [3.05, 3.63) is 0 Å². The predicted octanol–water partition coefficient (Wildman–Crippen LogP) is 1.27. The van der Waals surface area contributed by atoms with Gasteiger partial charge in [0.2, 0.25) is 0 Å². The summed E-state index contributed by atoms with van der Waals surface area (Å²) >= 11 is 0. The summed E-state index contributed by atoms with van der Waals surface area (Å²) in [7, 11) is 0. The standard InChI is InChI=1S/C14H27N3O3/c1-4-10(3)12(13(18)19)16-14(20)17(5-2)11-6-8-15-9-7-11/h10-12,15H,4-9H2,1-3H3,(H,16,20)(H,18,19)/t10?,12-/m0/s1. The van der Waals surface area contributed by atoms with Crippen molar-refractivity contribution >= 4 is 12.0 Å². The maximum atomic E-state index is 12.3. The Morgan fingerprint density at radius 3 is 2.40 bits per heavy atom. The second kappa shape index (κ2) is 8.09. The average molecular weight is 285 g/mol. The summed E-state index contributed by atoms with van der Waals surface area (Å²) in [6.07, 6.45) is 2.56. The Hall–Kier alpha value is -1.30. The smallest absolute Gasteiger partial charge is 0.326 e. The van der Waals surface area contributed by atoms with Crippen LogP contribution in [-0.2, 0) is 4.79 Å². The maximum absolute atomic E-state index is 12.3. The molecular weight excluding hydrogens is 258 g/mol. The maximum Gasteiger partial charge on any atom is 0.326 e. The SMILES string of the molecule is CCC(C)[C@H](NC(=O)N(CC)C1CCNCC1)C(=O)O. The van der Waals surface area contributed by atoms with Gasteiger partial charge in [-0.2, -0.15) is 0 Å². The normalized spacial score (nSPS) is 19.1. The molecule has 0 aliphatic carbocycles. The number of hydrogen-bond acceptors (Lipinski definition) is 3. The number of nitrogens with one attached hydrogen (secondary N) is 2. The Morgan fingerprint density at radius 1 is 1.35 bits per heavy atom. The molecule has 116 valence electrons. The van der Waals surface area contributed by atoms with Crippen LogP contribution in [0.5, 0.6) is 0 Å². The van der Waals surface area contributed by atoms with Gasteiger partial charge < -0.3 is 20.6 Å². The monoisotopic (exact) mass is 285 g/mol. The molecule has 3 N–H and O–H groups in total. The predicted molar refractivity (Wildman–Crippen MR) is 77.7 cm³/mol. The van der Waals surface area contributed by atoms with Crippen LogP contribution in [0.3, 0.4) is 0 Å². The molecule has 2 amide bonds. The van der Waals surface area contributed by atoms with Crippen LogP contribution >= 0.6 is 0 Å². The van der Waals surface area contributed by atoms with Crippen molar-refractivity contribution < 1.29 is 14.7 Å². The molecule has 1 aliphatic rings. The Labute approximate surface area is 120 Å². The summed E-state index contributed by atoms with van der Waals surface area (Å²) in [6, 6.07) is -0.872. The first kappa shape index (κ1) is 16.8. The molecule has 0 aromatic heterocycles. The minimum atomic E-state index is -0.964. The van der Waals surface area contributed by atoms with E-state index >= 15 is 0 Å². The molecule has 1 unspecified atom stereocenters. The van der Waals surface area contributed by atoms with Crippen molar-refractivity contribution in [1.82, 2.24) is 15.5 Å². The number of urea groups is 1. The quantitative estimate of drug-likeness (QED) is 0.686. The van der Waals surface area contributed by atoms with Crippen LogP contribution in [0.25, 0.3) is 0 Å². The molecule has 20 heavy (non-hydrogen) atoms. The first-order chi connectivity index (χ1) is 9.51. The molecular formula is C14H27N3O3. The van der Waals surface area contributed by atoms with E-state index in [0.717, 1.165) is 32.4 Å². The number of nitrogens with zero attached hydrogens (tertiary/aromatic N) is 1. The minimum Gasteiger partial charge on any atom is -0.480 e. The third kappa shape index (κ3) is 4.37. The topological polar surface area (TPSA) is 81.7 Å². The fourth-order valence-corrected chi connectivity index (χ4v) is 2.59. The summed E-state index contributed by atoms with van der Waals surface area (Å²) in [5, 5.41) is 15.2. The van der Waals surface area contributed by atoms with E-state index in [1.807, 2.05) is 20.8 Å². The first-order valence-corrected chi connectivity index (χ1v) is 7.51. The van der Waals surface area contributed by atoms with E-state index in [9.17, 15) is 14.7 Å². The molecule has 0 saturated carbocycles. The third-order valence-corrected chi connectivity index (χ3v) is 4.11. The molecule has 0 aromatic rings. The minimum absolute atomic E-state index is 0.0804. The fraction of sp³-hybridized carbons (Fsp3) is 0.857. The van der Waals surface area contributed by atoms with E-state index in [0.29, 0.717) is 6.54 Å². The fourth-order valence-electron chi connectivity index (χ4n) is 2.59. The van der Waals surface area contributed by atoms with Crippen LogP contribution in [0.4, 0.5) is 4.79 Å². The Bertz CT molecular complexity index is 330. The summed E-state index contributed by atoms with van der Waals surface area (Å²) in [5.74, 6) is -1.04. The number of carboxylic acids is 1. The van der Waals surface area contributed by atoms with E-state index in [2.05, 4.69) is 10.6 Å². The molecule has 1 aliphatic heterocycles. The second-order valence-electron chi connectivity index (χ2n) is 5.42. The highest BCUT2D eigenvalue weighted by atomic mass is 16.4. The number of carbonyl (C=O) groups is 2. The molecule has 1 heterocycles. The van der Waals surface area contributed by atoms with Gasteiger partial charge in [0.1, 0.15) is 6.04 Å². The molecule has 0 radical (unpaired) electrons. The number of piperidine rings is 1. The lowest BCUT2D eigenvalue weighted by atomic mass is 9.99. The number of carbonyl (C=O) groups excluding carboxylic acids is 1. The van der Waals surface area contributed by atoms with E-state index in [1.165, 1.54) is 0 Å². The summed E-state index contributed by atoms with van der Waals surface area (Å²) in [6.45, 7) is 8.12. The highest BCUT2D eigenvalue weighted by Crippen LogP contribution is 2.14. The van der Waals surface area contributed by atoms with Gasteiger partial charge in [-0.3, -0.25) is 0 Å². The van der Waals surface area contributed by atoms with E-state index in [4.69, 9.17) is 0 Å². The summed E-state index contributed by atoms with van der Waals surface area (Å²) < 4.78 is 0. The van der Waals surface area contributed by atoms with Gasteiger partial charge in [0.05, 0.1) is 0 Å². The van der Waals surface area contributed by atoms with Gasteiger partial charge in [-0.25, -0.2) is 9.59 Å². The van der Waals surface area contributed by atoms with Gasteiger partial charge in [-0.15, -0.1) is 0 Å². The van der Waals surface area contributed by atoms with Crippen molar-refractivity contribution in [2.45, 2.75) is 52.1 Å². The lowest BCUT2D eigenvalue weighted by Gasteiger charge is -2.35. The first-order valence-electron chi connectivity index (χ1n) is 7.51. The van der Waals surface area contributed by atoms with Crippen molar-refractivity contribution in [2.75, 3.05) is 19.6 Å².